The summed E-state index contributed by atoms with van der Waals surface area (Å²) in [6.45, 7) is 3.61. The van der Waals surface area contributed by atoms with E-state index in [2.05, 4.69) is 5.32 Å². The van der Waals surface area contributed by atoms with Crippen LogP contribution >= 0.6 is 0 Å². The molecule has 0 atom stereocenters. The van der Waals surface area contributed by atoms with E-state index in [0.717, 1.165) is 17.5 Å². The first-order valence-corrected chi connectivity index (χ1v) is 11.9. The highest BCUT2D eigenvalue weighted by Crippen LogP contribution is 2.44. The van der Waals surface area contributed by atoms with Gasteiger partial charge in [-0.25, -0.2) is 4.79 Å². The largest absolute Gasteiger partial charge is 0.487 e. The fourth-order valence-corrected chi connectivity index (χ4v) is 4.54. The van der Waals surface area contributed by atoms with Crippen molar-refractivity contribution < 1.29 is 23.5 Å². The minimum Gasteiger partial charge on any atom is -0.487 e. The van der Waals surface area contributed by atoms with Gasteiger partial charge in [0.25, 0.3) is 11.8 Å². The minimum atomic E-state index is -0.653. The first-order chi connectivity index (χ1) is 17.7. The second kappa shape index (κ2) is 9.46. The maximum absolute atomic E-state index is 12.8. The molecule has 4 aromatic rings. The first-order valence-electron chi connectivity index (χ1n) is 11.9. The molecule has 0 radical (unpaired) electrons. The molecule has 2 amide bonds. The van der Waals surface area contributed by atoms with Crippen molar-refractivity contribution in [2.45, 2.75) is 32.3 Å². The zero-order valence-corrected chi connectivity index (χ0v) is 20.5. The molecule has 8 heteroatoms. The number of nitrogens with two attached hydrogens (primary N) is 1. The Hall–Kier alpha value is -4.59. The van der Waals surface area contributed by atoms with E-state index < -0.39 is 23.0 Å². The molecule has 188 valence electrons. The van der Waals surface area contributed by atoms with E-state index in [-0.39, 0.29) is 12.2 Å². The number of carbonyl (C=O) groups is 2. The van der Waals surface area contributed by atoms with E-state index in [1.807, 2.05) is 44.2 Å². The summed E-state index contributed by atoms with van der Waals surface area (Å²) in [7, 11) is 0. The van der Waals surface area contributed by atoms with Crippen molar-refractivity contribution >= 4 is 28.5 Å². The number of ether oxygens (including phenoxy) is 2. The van der Waals surface area contributed by atoms with Gasteiger partial charge in [0.05, 0.1) is 16.6 Å². The molecule has 0 saturated heterocycles. The van der Waals surface area contributed by atoms with Gasteiger partial charge in [-0.3, -0.25) is 9.59 Å². The molecule has 1 aliphatic rings. The Morgan fingerprint density at radius 2 is 1.78 bits per heavy atom. The summed E-state index contributed by atoms with van der Waals surface area (Å²) in [4.78, 5) is 37.1. The molecule has 3 N–H and O–H groups in total. The zero-order valence-electron chi connectivity index (χ0n) is 20.5. The van der Waals surface area contributed by atoms with Crippen LogP contribution in [0.3, 0.4) is 0 Å². The number of benzene rings is 3. The third-order valence-corrected chi connectivity index (χ3v) is 6.31. The van der Waals surface area contributed by atoms with E-state index >= 15 is 0 Å². The summed E-state index contributed by atoms with van der Waals surface area (Å²) in [6, 6.07) is 19.1. The van der Waals surface area contributed by atoms with Crippen LogP contribution in [0.1, 0.15) is 36.2 Å². The standard InChI is InChI=1S/C29H26N2O6/c1-29(2)13-12-19-22(37-29)15-23(35-16-24(32)31-21-11-7-6-10-18(21)28(30)34)26-20(14-25(33)36-27(19)26)17-8-4-3-5-9-17/h3-11,14-15H,12-13,16H2,1-2H3,(H2,30,34)(H,31,32). The van der Waals surface area contributed by atoms with Crippen molar-refractivity contribution in [3.8, 4) is 22.6 Å². The minimum absolute atomic E-state index is 0.193. The van der Waals surface area contributed by atoms with Crippen molar-refractivity contribution in [1.29, 1.82) is 0 Å². The first kappa shape index (κ1) is 24.1. The van der Waals surface area contributed by atoms with Crippen molar-refractivity contribution in [2.24, 2.45) is 5.73 Å². The van der Waals surface area contributed by atoms with Crippen LogP contribution < -0.4 is 26.1 Å². The van der Waals surface area contributed by atoms with Gasteiger partial charge < -0.3 is 24.9 Å². The fourth-order valence-electron chi connectivity index (χ4n) is 4.54. The number of para-hydroxylation sites is 1. The van der Waals surface area contributed by atoms with Crippen LogP contribution in [0.5, 0.6) is 11.5 Å². The van der Waals surface area contributed by atoms with Crippen LogP contribution in [0.15, 0.2) is 75.9 Å². The normalized spacial score (nSPS) is 13.9. The van der Waals surface area contributed by atoms with Crippen molar-refractivity contribution in [3.63, 3.8) is 0 Å². The monoisotopic (exact) mass is 498 g/mol. The topological polar surface area (TPSA) is 121 Å². The summed E-state index contributed by atoms with van der Waals surface area (Å²) >= 11 is 0. The molecular formula is C29H26N2O6. The van der Waals surface area contributed by atoms with Crippen LogP contribution in [-0.4, -0.2) is 24.0 Å². The quantitative estimate of drug-likeness (QED) is 0.373. The zero-order chi connectivity index (χ0) is 26.2. The second-order valence-electron chi connectivity index (χ2n) is 9.51. The van der Waals surface area contributed by atoms with E-state index in [1.54, 1.807) is 24.3 Å². The lowest BCUT2D eigenvalue weighted by molar-refractivity contribution is -0.118. The molecule has 0 fully saturated rings. The smallest absolute Gasteiger partial charge is 0.336 e. The van der Waals surface area contributed by atoms with E-state index in [4.69, 9.17) is 19.6 Å². The highest BCUT2D eigenvalue weighted by molar-refractivity contribution is 6.04. The van der Waals surface area contributed by atoms with Crippen molar-refractivity contribution in [2.75, 3.05) is 11.9 Å². The van der Waals surface area contributed by atoms with Crippen molar-refractivity contribution in [1.82, 2.24) is 0 Å². The Morgan fingerprint density at radius 3 is 2.54 bits per heavy atom. The molecule has 1 aromatic heterocycles. The van der Waals surface area contributed by atoms with E-state index in [1.165, 1.54) is 12.1 Å². The van der Waals surface area contributed by atoms with Crippen LogP contribution in [0.25, 0.3) is 22.1 Å². The van der Waals surface area contributed by atoms with E-state index in [0.29, 0.717) is 40.1 Å². The Morgan fingerprint density at radius 1 is 1.05 bits per heavy atom. The predicted molar refractivity (Wildman–Crippen MR) is 140 cm³/mol. The number of fused-ring (bicyclic) bond motifs is 3. The van der Waals surface area contributed by atoms with Crippen LogP contribution in [0.4, 0.5) is 5.69 Å². The third-order valence-electron chi connectivity index (χ3n) is 6.31. The van der Waals surface area contributed by atoms with Gasteiger partial charge in [0.2, 0.25) is 0 Å². The summed E-state index contributed by atoms with van der Waals surface area (Å²) in [5, 5.41) is 3.25. The number of amides is 2. The second-order valence-corrected chi connectivity index (χ2v) is 9.51. The number of hydrogen-bond donors (Lipinski definition) is 2. The maximum Gasteiger partial charge on any atom is 0.336 e. The summed E-state index contributed by atoms with van der Waals surface area (Å²) < 4.78 is 17.9. The van der Waals surface area contributed by atoms with Crippen molar-refractivity contribution in [3.05, 3.63) is 88.3 Å². The van der Waals surface area contributed by atoms with Gasteiger partial charge in [-0.2, -0.15) is 0 Å². The van der Waals surface area contributed by atoms with Gasteiger partial charge in [0.15, 0.2) is 6.61 Å². The molecule has 1 aliphatic heterocycles. The molecule has 8 nitrogen and oxygen atoms in total. The molecule has 3 aromatic carbocycles. The Bertz CT molecular complexity index is 1570. The molecule has 0 saturated carbocycles. The fraction of sp³-hybridized carbons (Fsp3) is 0.207. The number of carbonyl (C=O) groups excluding carboxylic acids is 2. The Kier molecular flexibility index (Phi) is 6.17. The van der Waals surface area contributed by atoms with Gasteiger partial charge in [-0.05, 0) is 44.4 Å². The third kappa shape index (κ3) is 4.91. The SMILES string of the molecule is CC1(C)CCc2c(cc(OCC(=O)Nc3ccccc3C(N)=O)c3c(-c4ccccc4)cc(=O)oc23)O1. The molecular weight excluding hydrogens is 472 g/mol. The average Bonchev–Trinajstić information content (AvgIpc) is 2.86. The number of nitrogens with one attached hydrogen (secondary N) is 1. The molecule has 0 spiro atoms. The lowest BCUT2D eigenvalue weighted by Gasteiger charge is -2.33. The predicted octanol–water partition coefficient (Wildman–Crippen LogP) is 4.68. The molecule has 2 heterocycles. The number of hydrogen-bond acceptors (Lipinski definition) is 6. The molecule has 0 unspecified atom stereocenters. The number of primary amides is 1. The molecule has 5 rings (SSSR count). The summed E-state index contributed by atoms with van der Waals surface area (Å²) in [5.41, 5.74) is 7.61. The molecule has 0 bridgehead atoms. The highest BCUT2D eigenvalue weighted by Gasteiger charge is 2.31. The van der Waals surface area contributed by atoms with Gasteiger partial charge >= 0.3 is 5.63 Å². The highest BCUT2D eigenvalue weighted by atomic mass is 16.5. The van der Waals surface area contributed by atoms with Gasteiger partial charge in [0.1, 0.15) is 22.7 Å². The van der Waals surface area contributed by atoms with Gasteiger partial charge in [-0.1, -0.05) is 42.5 Å². The number of anilines is 1. The van der Waals surface area contributed by atoms with Gasteiger partial charge in [0, 0.05) is 23.3 Å². The number of rotatable bonds is 6. The Labute approximate surface area is 213 Å². The summed E-state index contributed by atoms with van der Waals surface area (Å²) in [5.74, 6) is -0.252. The Balaban J connectivity index is 1.57. The van der Waals surface area contributed by atoms with Gasteiger partial charge in [-0.15, -0.1) is 0 Å². The maximum atomic E-state index is 12.8. The van der Waals surface area contributed by atoms with Crippen LogP contribution in [0, 0.1) is 0 Å². The molecule has 37 heavy (non-hydrogen) atoms. The average molecular weight is 499 g/mol. The summed E-state index contributed by atoms with van der Waals surface area (Å²) in [6.07, 6.45) is 1.40. The number of aryl methyl sites for hydroxylation is 1. The van der Waals surface area contributed by atoms with Crippen LogP contribution in [-0.2, 0) is 11.2 Å². The lowest BCUT2D eigenvalue weighted by atomic mass is 9.91. The van der Waals surface area contributed by atoms with Crippen LogP contribution in [0.2, 0.25) is 0 Å². The van der Waals surface area contributed by atoms with E-state index in [9.17, 15) is 14.4 Å². The molecule has 0 aliphatic carbocycles. The lowest BCUT2D eigenvalue weighted by Crippen LogP contribution is -2.32.